The van der Waals surface area contributed by atoms with Gasteiger partial charge in [0.15, 0.2) is 0 Å². The number of amides is 2. The van der Waals surface area contributed by atoms with Crippen LogP contribution in [0, 0.1) is 5.92 Å². The SMILES string of the molecule is CCC(C)[N+]1(N2CCC(C(N)=O)CC2)CCCCC1=O. The zero-order valence-electron chi connectivity index (χ0n) is 12.8. The molecule has 0 bridgehead atoms. The molecule has 5 nitrogen and oxygen atoms in total. The molecule has 2 heterocycles. The minimum Gasteiger partial charge on any atom is -0.369 e. The molecular weight excluding hydrogens is 254 g/mol. The van der Waals surface area contributed by atoms with E-state index in [2.05, 4.69) is 18.9 Å². The Morgan fingerprint density at radius 3 is 2.55 bits per heavy atom. The number of likely N-dealkylation sites (tertiary alicyclic amines) is 1. The predicted octanol–water partition coefficient (Wildman–Crippen LogP) is 1.42. The summed E-state index contributed by atoms with van der Waals surface area (Å²) >= 11 is 0. The number of quaternary nitrogens is 1. The fourth-order valence-electron chi connectivity index (χ4n) is 3.80. The Bertz CT molecular complexity index is 377. The van der Waals surface area contributed by atoms with Gasteiger partial charge in [-0.1, -0.05) is 6.92 Å². The smallest absolute Gasteiger partial charge is 0.333 e. The predicted molar refractivity (Wildman–Crippen MR) is 77.2 cm³/mol. The van der Waals surface area contributed by atoms with Crippen molar-refractivity contribution in [2.75, 3.05) is 19.6 Å². The molecule has 114 valence electrons. The van der Waals surface area contributed by atoms with E-state index in [9.17, 15) is 9.59 Å². The van der Waals surface area contributed by atoms with Gasteiger partial charge in [-0.3, -0.25) is 4.79 Å². The highest BCUT2D eigenvalue weighted by atomic mass is 16.2. The van der Waals surface area contributed by atoms with Crippen molar-refractivity contribution >= 4 is 11.8 Å². The van der Waals surface area contributed by atoms with Crippen molar-refractivity contribution < 1.29 is 14.2 Å². The van der Waals surface area contributed by atoms with E-state index in [1.165, 1.54) is 0 Å². The van der Waals surface area contributed by atoms with Gasteiger partial charge >= 0.3 is 5.91 Å². The minimum absolute atomic E-state index is 0.0110. The van der Waals surface area contributed by atoms with Crippen LogP contribution in [0.1, 0.15) is 52.4 Å². The molecular formula is C15H28N3O2+. The summed E-state index contributed by atoms with van der Waals surface area (Å²) in [6.45, 7) is 6.88. The number of carbonyl (C=O) groups is 2. The second kappa shape index (κ2) is 6.22. The summed E-state index contributed by atoms with van der Waals surface area (Å²) in [5, 5.41) is 2.31. The van der Waals surface area contributed by atoms with Crippen LogP contribution in [-0.4, -0.2) is 47.1 Å². The fourth-order valence-corrected chi connectivity index (χ4v) is 3.80. The standard InChI is InChI=1S/C15H27N3O2/c1-3-12(2)18(11-5-4-6-14(18)19)17-9-7-13(8-10-17)15(16)20/h12-13H,3-11H2,1-2H3,(H-,16,20)/p+1. The summed E-state index contributed by atoms with van der Waals surface area (Å²) in [5.74, 6) is 0.163. The highest BCUT2D eigenvalue weighted by Gasteiger charge is 2.49. The molecule has 0 radical (unpaired) electrons. The maximum atomic E-state index is 12.7. The van der Waals surface area contributed by atoms with Crippen molar-refractivity contribution in [1.29, 1.82) is 0 Å². The summed E-state index contributed by atoms with van der Waals surface area (Å²) in [7, 11) is 0. The molecule has 2 atom stereocenters. The first kappa shape index (κ1) is 15.4. The van der Waals surface area contributed by atoms with Gasteiger partial charge < -0.3 is 5.73 Å². The van der Waals surface area contributed by atoms with E-state index >= 15 is 0 Å². The molecule has 2 aliphatic rings. The first-order valence-corrected chi connectivity index (χ1v) is 7.98. The Morgan fingerprint density at radius 1 is 1.40 bits per heavy atom. The van der Waals surface area contributed by atoms with Crippen LogP contribution in [-0.2, 0) is 9.59 Å². The zero-order chi connectivity index (χ0) is 14.8. The lowest BCUT2D eigenvalue weighted by atomic mass is 9.96. The molecule has 2 N–H and O–H groups in total. The molecule has 0 aromatic rings. The number of nitrogens with two attached hydrogens (primary N) is 1. The molecule has 2 unspecified atom stereocenters. The van der Waals surface area contributed by atoms with Gasteiger partial charge in [-0.15, -0.1) is 5.01 Å². The maximum absolute atomic E-state index is 12.7. The van der Waals surface area contributed by atoms with Gasteiger partial charge in [0.1, 0.15) is 12.6 Å². The molecule has 5 heteroatoms. The molecule has 2 amide bonds. The third-order valence-corrected chi connectivity index (χ3v) is 5.27. The van der Waals surface area contributed by atoms with E-state index in [0.717, 1.165) is 51.7 Å². The lowest BCUT2D eigenvalue weighted by molar-refractivity contribution is -0.992. The van der Waals surface area contributed by atoms with E-state index in [-0.39, 0.29) is 11.8 Å². The van der Waals surface area contributed by atoms with E-state index in [1.54, 1.807) is 0 Å². The first-order chi connectivity index (χ1) is 9.52. The Morgan fingerprint density at radius 2 is 2.05 bits per heavy atom. The molecule has 2 aliphatic heterocycles. The van der Waals surface area contributed by atoms with Gasteiger partial charge in [0.2, 0.25) is 5.91 Å². The van der Waals surface area contributed by atoms with E-state index in [0.29, 0.717) is 23.0 Å². The maximum Gasteiger partial charge on any atom is 0.333 e. The van der Waals surface area contributed by atoms with Crippen LogP contribution in [0.5, 0.6) is 0 Å². The Hall–Kier alpha value is -0.940. The number of piperidine rings is 2. The Labute approximate surface area is 121 Å². The number of primary amides is 1. The third kappa shape index (κ3) is 2.61. The third-order valence-electron chi connectivity index (χ3n) is 5.27. The lowest BCUT2D eigenvalue weighted by Gasteiger charge is -2.50. The van der Waals surface area contributed by atoms with E-state index < -0.39 is 0 Å². The van der Waals surface area contributed by atoms with Gasteiger partial charge in [0, 0.05) is 19.0 Å². The number of rotatable bonds is 4. The fraction of sp³-hybridized carbons (Fsp3) is 0.867. The molecule has 2 fully saturated rings. The van der Waals surface area contributed by atoms with Crippen LogP contribution in [0.15, 0.2) is 0 Å². The van der Waals surface area contributed by atoms with Crippen molar-refractivity contribution in [2.45, 2.75) is 58.4 Å². The molecule has 0 aromatic carbocycles. The molecule has 0 saturated carbocycles. The molecule has 0 aliphatic carbocycles. The van der Waals surface area contributed by atoms with Gasteiger partial charge in [-0.25, -0.2) is 4.79 Å². The Kier molecular flexibility index (Phi) is 4.81. The summed E-state index contributed by atoms with van der Waals surface area (Å²) in [4.78, 5) is 24.0. The van der Waals surface area contributed by atoms with E-state index in [4.69, 9.17) is 5.73 Å². The number of nitrogens with zero attached hydrogens (tertiary/aromatic N) is 2. The average Bonchev–Trinajstić information content (AvgIpc) is 2.47. The molecule has 2 saturated heterocycles. The van der Waals surface area contributed by atoms with Gasteiger partial charge in [0.05, 0.1) is 6.42 Å². The second-order valence-electron chi connectivity index (χ2n) is 6.29. The summed E-state index contributed by atoms with van der Waals surface area (Å²) in [6, 6.07) is 0.327. The number of hydrogen-bond donors (Lipinski definition) is 1. The normalized spacial score (nSPS) is 31.2. The monoisotopic (exact) mass is 282 g/mol. The highest BCUT2D eigenvalue weighted by Crippen LogP contribution is 2.32. The van der Waals surface area contributed by atoms with Crippen molar-refractivity contribution in [2.24, 2.45) is 11.7 Å². The molecule has 0 aromatic heterocycles. The zero-order valence-corrected chi connectivity index (χ0v) is 12.8. The van der Waals surface area contributed by atoms with Crippen molar-refractivity contribution in [3.63, 3.8) is 0 Å². The minimum atomic E-state index is -0.190. The molecule has 20 heavy (non-hydrogen) atoms. The molecule has 2 rings (SSSR count). The molecule has 0 spiro atoms. The second-order valence-corrected chi connectivity index (χ2v) is 6.29. The first-order valence-electron chi connectivity index (χ1n) is 7.98. The van der Waals surface area contributed by atoms with Crippen LogP contribution >= 0.6 is 0 Å². The van der Waals surface area contributed by atoms with Crippen LogP contribution in [0.25, 0.3) is 0 Å². The topological polar surface area (TPSA) is 63.4 Å². The van der Waals surface area contributed by atoms with Crippen LogP contribution in [0.2, 0.25) is 0 Å². The van der Waals surface area contributed by atoms with Crippen LogP contribution in [0.3, 0.4) is 0 Å². The van der Waals surface area contributed by atoms with Gasteiger partial charge in [-0.05, 0) is 39.0 Å². The van der Waals surface area contributed by atoms with Crippen LogP contribution < -0.4 is 5.73 Å². The van der Waals surface area contributed by atoms with E-state index in [1.807, 2.05) is 0 Å². The van der Waals surface area contributed by atoms with Gasteiger partial charge in [-0.2, -0.15) is 4.59 Å². The highest BCUT2D eigenvalue weighted by molar-refractivity contribution is 5.76. The van der Waals surface area contributed by atoms with Crippen molar-refractivity contribution in [1.82, 2.24) is 5.01 Å². The number of carbonyl (C=O) groups excluding carboxylic acids is 2. The summed E-state index contributed by atoms with van der Waals surface area (Å²) in [6.07, 6.45) is 5.42. The summed E-state index contributed by atoms with van der Waals surface area (Å²) in [5.41, 5.74) is 5.41. The quantitative estimate of drug-likeness (QED) is 0.793. The Balaban J connectivity index is 2.16. The van der Waals surface area contributed by atoms with Crippen molar-refractivity contribution in [3.05, 3.63) is 0 Å². The summed E-state index contributed by atoms with van der Waals surface area (Å²) < 4.78 is 0.516. The lowest BCUT2D eigenvalue weighted by Crippen LogP contribution is -2.70. The largest absolute Gasteiger partial charge is 0.369 e. The van der Waals surface area contributed by atoms with Crippen LogP contribution in [0.4, 0.5) is 0 Å². The number of hydrogen-bond acceptors (Lipinski definition) is 3. The van der Waals surface area contributed by atoms with Gasteiger partial charge in [0.25, 0.3) is 0 Å². The average molecular weight is 282 g/mol. The van der Waals surface area contributed by atoms with Crippen molar-refractivity contribution in [3.8, 4) is 0 Å².